The van der Waals surface area contributed by atoms with Crippen LogP contribution in [0.2, 0.25) is 0 Å². The fourth-order valence-corrected chi connectivity index (χ4v) is 4.74. The standard InChI is InChI=1S/C18H22O2S2/c1-6-21-17-15(12-7-9-13(20-5)10-8-12)16(19)14(22-17)11-18(2,3)4/h7-11H,6H2,1-5H3/b14-11-. The third-order valence-electron chi connectivity index (χ3n) is 3.08. The fourth-order valence-electron chi connectivity index (χ4n) is 2.14. The molecule has 1 aromatic carbocycles. The molecule has 0 atom stereocenters. The van der Waals surface area contributed by atoms with Gasteiger partial charge in [0.2, 0.25) is 5.78 Å². The van der Waals surface area contributed by atoms with Gasteiger partial charge in [-0.2, -0.15) is 0 Å². The molecule has 0 saturated heterocycles. The second-order valence-corrected chi connectivity index (χ2v) is 8.71. The van der Waals surface area contributed by atoms with Gasteiger partial charge in [-0.1, -0.05) is 57.7 Å². The maximum absolute atomic E-state index is 12.8. The Hall–Kier alpha value is -1.13. The van der Waals surface area contributed by atoms with Gasteiger partial charge >= 0.3 is 0 Å². The van der Waals surface area contributed by atoms with Crippen LogP contribution in [0.25, 0.3) is 5.57 Å². The molecule has 22 heavy (non-hydrogen) atoms. The number of allylic oxidation sites excluding steroid dienone is 3. The molecule has 1 aromatic rings. The molecule has 1 aliphatic heterocycles. The highest BCUT2D eigenvalue weighted by atomic mass is 32.2. The number of methoxy groups -OCH3 is 1. The molecular weight excluding hydrogens is 312 g/mol. The molecule has 0 aliphatic carbocycles. The number of hydrogen-bond donors (Lipinski definition) is 0. The van der Waals surface area contributed by atoms with Crippen molar-refractivity contribution in [3.8, 4) is 5.75 Å². The molecule has 0 bridgehead atoms. The first-order chi connectivity index (χ1) is 10.4. The molecule has 0 unspecified atom stereocenters. The van der Waals surface area contributed by atoms with Crippen LogP contribution in [0.1, 0.15) is 33.3 Å². The van der Waals surface area contributed by atoms with Crippen molar-refractivity contribution in [2.75, 3.05) is 12.9 Å². The van der Waals surface area contributed by atoms with Gasteiger partial charge in [0.25, 0.3) is 0 Å². The van der Waals surface area contributed by atoms with Crippen LogP contribution < -0.4 is 4.74 Å². The molecule has 0 saturated carbocycles. The number of hydrogen-bond acceptors (Lipinski definition) is 4. The summed E-state index contributed by atoms with van der Waals surface area (Å²) in [6, 6.07) is 7.73. The fraction of sp³-hybridized carbons (Fsp3) is 0.389. The predicted octanol–water partition coefficient (Wildman–Crippen LogP) is 5.36. The molecule has 0 amide bonds. The van der Waals surface area contributed by atoms with Gasteiger partial charge in [-0.15, -0.1) is 11.8 Å². The largest absolute Gasteiger partial charge is 0.497 e. The van der Waals surface area contributed by atoms with Gasteiger partial charge in [0.15, 0.2) is 0 Å². The van der Waals surface area contributed by atoms with Crippen molar-refractivity contribution in [1.29, 1.82) is 0 Å². The van der Waals surface area contributed by atoms with Crippen LogP contribution in [-0.2, 0) is 4.79 Å². The van der Waals surface area contributed by atoms with Crippen molar-refractivity contribution < 1.29 is 9.53 Å². The predicted molar refractivity (Wildman–Crippen MR) is 98.2 cm³/mol. The van der Waals surface area contributed by atoms with Crippen molar-refractivity contribution in [3.63, 3.8) is 0 Å². The minimum absolute atomic E-state index is 0.00462. The Labute approximate surface area is 141 Å². The molecule has 0 radical (unpaired) electrons. The summed E-state index contributed by atoms with van der Waals surface area (Å²) < 4.78 is 6.30. The van der Waals surface area contributed by atoms with E-state index in [0.717, 1.165) is 31.8 Å². The van der Waals surface area contributed by atoms with Gasteiger partial charge in [-0.05, 0) is 28.9 Å². The zero-order valence-corrected chi connectivity index (χ0v) is 15.4. The molecule has 1 heterocycles. The summed E-state index contributed by atoms with van der Waals surface area (Å²) in [4.78, 5) is 13.7. The Morgan fingerprint density at radius 2 is 1.86 bits per heavy atom. The van der Waals surface area contributed by atoms with Crippen LogP contribution in [0.5, 0.6) is 5.75 Å². The van der Waals surface area contributed by atoms with E-state index in [2.05, 4.69) is 33.8 Å². The Morgan fingerprint density at radius 1 is 1.23 bits per heavy atom. The highest BCUT2D eigenvalue weighted by Gasteiger charge is 2.31. The molecule has 0 spiro atoms. The highest BCUT2D eigenvalue weighted by Crippen LogP contribution is 2.49. The number of thioether (sulfide) groups is 2. The minimum Gasteiger partial charge on any atom is -0.497 e. The summed E-state index contributed by atoms with van der Waals surface area (Å²) in [5.41, 5.74) is 1.79. The molecule has 2 nitrogen and oxygen atoms in total. The average molecular weight is 335 g/mol. The summed E-state index contributed by atoms with van der Waals surface area (Å²) in [6.45, 7) is 8.46. The van der Waals surface area contributed by atoms with Gasteiger partial charge in [0.1, 0.15) is 5.75 Å². The summed E-state index contributed by atoms with van der Waals surface area (Å²) in [7, 11) is 1.65. The quantitative estimate of drug-likeness (QED) is 0.692. The molecule has 4 heteroatoms. The molecular formula is C18H22O2S2. The minimum atomic E-state index is -0.00462. The van der Waals surface area contributed by atoms with E-state index in [1.54, 1.807) is 30.6 Å². The molecule has 0 N–H and O–H groups in total. The Morgan fingerprint density at radius 3 is 2.36 bits per heavy atom. The summed E-state index contributed by atoms with van der Waals surface area (Å²) >= 11 is 3.34. The number of Topliss-reactive ketones (excluding diaryl/α,β-unsaturated/α-hetero) is 1. The van der Waals surface area contributed by atoms with Crippen molar-refractivity contribution in [2.24, 2.45) is 5.41 Å². The highest BCUT2D eigenvalue weighted by molar-refractivity contribution is 8.25. The third-order valence-corrected chi connectivity index (χ3v) is 5.35. The maximum atomic E-state index is 12.8. The van der Waals surface area contributed by atoms with Crippen LogP contribution in [0.3, 0.4) is 0 Å². The first-order valence-corrected chi connectivity index (χ1v) is 9.13. The number of rotatable bonds is 4. The number of carbonyl (C=O) groups excluding carboxylic acids is 1. The van der Waals surface area contributed by atoms with Gasteiger partial charge in [-0.3, -0.25) is 4.79 Å². The van der Waals surface area contributed by atoms with Crippen LogP contribution >= 0.6 is 23.5 Å². The van der Waals surface area contributed by atoms with Crippen LogP contribution in [0.4, 0.5) is 0 Å². The first kappa shape index (κ1) is 17.2. The van der Waals surface area contributed by atoms with Crippen LogP contribution in [0, 0.1) is 5.41 Å². The molecule has 1 aliphatic rings. The smallest absolute Gasteiger partial charge is 0.201 e. The topological polar surface area (TPSA) is 26.3 Å². The Bertz CT molecular complexity index is 619. The van der Waals surface area contributed by atoms with E-state index in [9.17, 15) is 4.79 Å². The van der Waals surface area contributed by atoms with Gasteiger partial charge in [0, 0.05) is 0 Å². The van der Waals surface area contributed by atoms with E-state index in [4.69, 9.17) is 4.74 Å². The number of ether oxygens (including phenoxy) is 1. The Kier molecular flexibility index (Phi) is 5.45. The summed E-state index contributed by atoms with van der Waals surface area (Å²) in [5, 5.41) is 0. The summed E-state index contributed by atoms with van der Waals surface area (Å²) in [6.07, 6.45) is 2.08. The van der Waals surface area contributed by atoms with E-state index < -0.39 is 0 Å². The lowest BCUT2D eigenvalue weighted by molar-refractivity contribution is -0.109. The van der Waals surface area contributed by atoms with Crippen molar-refractivity contribution in [2.45, 2.75) is 27.7 Å². The third kappa shape index (κ3) is 3.99. The van der Waals surface area contributed by atoms with Crippen molar-refractivity contribution in [3.05, 3.63) is 45.0 Å². The molecule has 2 rings (SSSR count). The lowest BCUT2D eigenvalue weighted by atomic mass is 9.94. The number of ketones is 1. The Balaban J connectivity index is 2.42. The van der Waals surface area contributed by atoms with E-state index in [-0.39, 0.29) is 11.2 Å². The zero-order chi connectivity index (χ0) is 16.3. The van der Waals surface area contributed by atoms with Crippen molar-refractivity contribution in [1.82, 2.24) is 0 Å². The van der Waals surface area contributed by atoms with Crippen molar-refractivity contribution >= 4 is 34.9 Å². The van der Waals surface area contributed by atoms with E-state index >= 15 is 0 Å². The van der Waals surface area contributed by atoms with Gasteiger partial charge < -0.3 is 4.74 Å². The zero-order valence-electron chi connectivity index (χ0n) is 13.7. The van der Waals surface area contributed by atoms with E-state index in [1.807, 2.05) is 24.3 Å². The van der Waals surface area contributed by atoms with Crippen LogP contribution in [0.15, 0.2) is 39.5 Å². The second-order valence-electron chi connectivity index (χ2n) is 6.13. The van der Waals surface area contributed by atoms with E-state index in [0.29, 0.717) is 0 Å². The van der Waals surface area contributed by atoms with E-state index in [1.165, 1.54) is 0 Å². The second kappa shape index (κ2) is 6.97. The average Bonchev–Trinajstić information content (AvgIpc) is 2.74. The maximum Gasteiger partial charge on any atom is 0.201 e. The number of carbonyl (C=O) groups is 1. The molecule has 0 fully saturated rings. The molecule has 118 valence electrons. The normalized spacial score (nSPS) is 17.5. The number of benzene rings is 1. The lowest BCUT2D eigenvalue weighted by Crippen LogP contribution is -2.05. The SMILES string of the molecule is CCSC1=C(c2ccc(OC)cc2)C(=O)/C(=C/C(C)(C)C)S1. The van der Waals surface area contributed by atoms with Gasteiger partial charge in [-0.25, -0.2) is 0 Å². The molecule has 0 aromatic heterocycles. The summed E-state index contributed by atoms with van der Waals surface area (Å²) in [5.74, 6) is 1.90. The lowest BCUT2D eigenvalue weighted by Gasteiger charge is -2.12. The van der Waals surface area contributed by atoms with Crippen LogP contribution in [-0.4, -0.2) is 18.6 Å². The first-order valence-electron chi connectivity index (χ1n) is 7.32. The monoisotopic (exact) mass is 334 g/mol. The van der Waals surface area contributed by atoms with Gasteiger partial charge in [0.05, 0.1) is 21.8 Å².